The maximum atomic E-state index is 12.8. The van der Waals surface area contributed by atoms with Gasteiger partial charge < -0.3 is 10.3 Å². The van der Waals surface area contributed by atoms with Crippen LogP contribution in [0, 0.1) is 5.92 Å². The normalized spacial score (nSPS) is 16.3. The predicted molar refractivity (Wildman–Crippen MR) is 109 cm³/mol. The summed E-state index contributed by atoms with van der Waals surface area (Å²) >= 11 is 0. The molecule has 4 rings (SSSR count). The van der Waals surface area contributed by atoms with Crippen molar-refractivity contribution in [1.82, 2.24) is 14.3 Å². The molecule has 0 unspecified atom stereocenters. The zero-order chi connectivity index (χ0) is 19.7. The van der Waals surface area contributed by atoms with Crippen molar-refractivity contribution in [3.8, 4) is 11.4 Å². The van der Waals surface area contributed by atoms with E-state index in [1.807, 2.05) is 48.5 Å². The smallest absolute Gasteiger partial charge is 0.227 e. The lowest BCUT2D eigenvalue weighted by atomic mass is 9.97. The molecule has 146 valence electrons. The van der Waals surface area contributed by atoms with E-state index in [9.17, 15) is 13.2 Å². The number of benzene rings is 2. The molecule has 1 aromatic heterocycles. The van der Waals surface area contributed by atoms with Gasteiger partial charge in [-0.15, -0.1) is 0 Å². The minimum atomic E-state index is -3.20. The van der Waals surface area contributed by atoms with Crippen LogP contribution in [0.5, 0.6) is 0 Å². The number of hydrogen-bond acceptors (Lipinski definition) is 4. The van der Waals surface area contributed by atoms with E-state index in [1.54, 1.807) is 0 Å². The number of nitrogens with one attached hydrogen (secondary N) is 2. The summed E-state index contributed by atoms with van der Waals surface area (Å²) in [7, 11) is -3.20. The zero-order valence-electron chi connectivity index (χ0n) is 15.6. The number of hydrogen-bond donors (Lipinski definition) is 2. The molecule has 1 aliphatic rings. The first-order chi connectivity index (χ1) is 13.4. The lowest BCUT2D eigenvalue weighted by molar-refractivity contribution is -0.120. The molecule has 2 N–H and O–H groups in total. The van der Waals surface area contributed by atoms with Gasteiger partial charge in [0.25, 0.3) is 0 Å². The van der Waals surface area contributed by atoms with Crippen LogP contribution in [0.1, 0.15) is 12.8 Å². The maximum Gasteiger partial charge on any atom is 0.227 e. The first-order valence-electron chi connectivity index (χ1n) is 9.22. The number of sulfonamides is 1. The third kappa shape index (κ3) is 3.79. The van der Waals surface area contributed by atoms with Crippen molar-refractivity contribution < 1.29 is 13.2 Å². The Morgan fingerprint density at radius 2 is 1.79 bits per heavy atom. The highest BCUT2D eigenvalue weighted by atomic mass is 32.2. The summed E-state index contributed by atoms with van der Waals surface area (Å²) in [6.45, 7) is 0.754. The number of carbonyl (C=O) groups excluding carboxylic acids is 1. The number of aromatic amines is 1. The Morgan fingerprint density at radius 1 is 1.11 bits per heavy atom. The van der Waals surface area contributed by atoms with Crippen molar-refractivity contribution in [2.24, 2.45) is 5.92 Å². The average molecular weight is 398 g/mol. The van der Waals surface area contributed by atoms with Gasteiger partial charge in [0.15, 0.2) is 0 Å². The first-order valence-corrected chi connectivity index (χ1v) is 11.1. The van der Waals surface area contributed by atoms with Gasteiger partial charge in [0.05, 0.1) is 23.0 Å². The Morgan fingerprint density at radius 3 is 2.50 bits per heavy atom. The summed E-state index contributed by atoms with van der Waals surface area (Å²) in [5.41, 5.74) is 3.32. The monoisotopic (exact) mass is 398 g/mol. The molecule has 3 aromatic rings. The Hall–Kier alpha value is -2.71. The predicted octanol–water partition coefficient (Wildman–Crippen LogP) is 2.84. The van der Waals surface area contributed by atoms with Crippen LogP contribution in [0.3, 0.4) is 0 Å². The average Bonchev–Trinajstić information content (AvgIpc) is 3.12. The fourth-order valence-electron chi connectivity index (χ4n) is 3.56. The lowest BCUT2D eigenvalue weighted by Crippen LogP contribution is -2.40. The van der Waals surface area contributed by atoms with Crippen molar-refractivity contribution in [3.63, 3.8) is 0 Å². The minimum absolute atomic E-state index is 0.0864. The van der Waals surface area contributed by atoms with Gasteiger partial charge in [-0.3, -0.25) is 4.79 Å². The number of H-pyrrole nitrogens is 1. The van der Waals surface area contributed by atoms with Crippen molar-refractivity contribution in [1.29, 1.82) is 0 Å². The van der Waals surface area contributed by atoms with Gasteiger partial charge >= 0.3 is 0 Å². The highest BCUT2D eigenvalue weighted by molar-refractivity contribution is 7.88. The summed E-state index contributed by atoms with van der Waals surface area (Å²) in [4.78, 5) is 20.7. The van der Waals surface area contributed by atoms with Gasteiger partial charge in [-0.05, 0) is 37.1 Å². The van der Waals surface area contributed by atoms with E-state index in [0.29, 0.717) is 37.4 Å². The number of amides is 1. The molecule has 7 nitrogen and oxygen atoms in total. The van der Waals surface area contributed by atoms with E-state index in [4.69, 9.17) is 0 Å². The molecule has 2 heterocycles. The molecule has 1 amide bonds. The molecular formula is C20H22N4O3S. The molecule has 8 heteroatoms. The minimum Gasteiger partial charge on any atom is -0.338 e. The van der Waals surface area contributed by atoms with Crippen LogP contribution in [0.2, 0.25) is 0 Å². The lowest BCUT2D eigenvalue weighted by Gasteiger charge is -2.29. The highest BCUT2D eigenvalue weighted by Gasteiger charge is 2.29. The van der Waals surface area contributed by atoms with Gasteiger partial charge in [0, 0.05) is 24.6 Å². The van der Waals surface area contributed by atoms with Gasteiger partial charge in [-0.2, -0.15) is 0 Å². The number of piperidine rings is 1. The Labute approximate surface area is 163 Å². The zero-order valence-corrected chi connectivity index (χ0v) is 16.4. The van der Waals surface area contributed by atoms with Gasteiger partial charge in [0.1, 0.15) is 5.82 Å². The standard InChI is InChI=1S/C20H22N4O3S/c1-28(26,27)24-12-10-14(11-13-24)20(25)23-16-7-3-2-6-15(16)19-21-17-8-4-5-9-18(17)22-19/h2-9,14H,10-13H2,1H3,(H,21,22)(H,23,25). The van der Waals surface area contributed by atoms with Crippen molar-refractivity contribution in [3.05, 3.63) is 48.5 Å². The molecule has 0 bridgehead atoms. The fraction of sp³-hybridized carbons (Fsp3) is 0.300. The number of anilines is 1. The molecule has 2 aromatic carbocycles. The van der Waals surface area contributed by atoms with Crippen LogP contribution in [0.15, 0.2) is 48.5 Å². The summed E-state index contributed by atoms with van der Waals surface area (Å²) in [5, 5.41) is 3.01. The quantitative estimate of drug-likeness (QED) is 0.706. The molecule has 1 saturated heterocycles. The van der Waals surface area contributed by atoms with Crippen molar-refractivity contribution in [2.45, 2.75) is 12.8 Å². The topological polar surface area (TPSA) is 95.2 Å². The number of nitrogens with zero attached hydrogens (tertiary/aromatic N) is 2. The maximum absolute atomic E-state index is 12.8. The molecule has 28 heavy (non-hydrogen) atoms. The second-order valence-electron chi connectivity index (χ2n) is 7.07. The molecule has 0 aliphatic carbocycles. The van der Waals surface area contributed by atoms with E-state index in [0.717, 1.165) is 16.6 Å². The Kier molecular flexibility index (Phi) is 4.91. The molecule has 0 atom stereocenters. The van der Waals surface area contributed by atoms with Gasteiger partial charge in [0.2, 0.25) is 15.9 Å². The van der Waals surface area contributed by atoms with Crippen molar-refractivity contribution in [2.75, 3.05) is 24.7 Å². The van der Waals surface area contributed by atoms with Gasteiger partial charge in [-0.1, -0.05) is 24.3 Å². The summed E-state index contributed by atoms with van der Waals surface area (Å²) in [6, 6.07) is 15.3. The summed E-state index contributed by atoms with van der Waals surface area (Å²) in [5.74, 6) is 0.405. The van der Waals surface area contributed by atoms with Crippen LogP contribution in [-0.4, -0.2) is 47.9 Å². The third-order valence-corrected chi connectivity index (χ3v) is 6.43. The largest absolute Gasteiger partial charge is 0.338 e. The molecule has 0 saturated carbocycles. The van der Waals surface area contributed by atoms with Crippen molar-refractivity contribution >= 4 is 32.7 Å². The van der Waals surface area contributed by atoms with E-state index in [2.05, 4.69) is 15.3 Å². The number of imidazole rings is 1. The van der Waals surface area contributed by atoms with Crippen LogP contribution < -0.4 is 5.32 Å². The van der Waals surface area contributed by atoms with Crippen LogP contribution in [0.25, 0.3) is 22.4 Å². The molecule has 1 aliphatic heterocycles. The number of rotatable bonds is 4. The molecule has 0 spiro atoms. The number of carbonyl (C=O) groups is 1. The van der Waals surface area contributed by atoms with Crippen LogP contribution in [0.4, 0.5) is 5.69 Å². The fourth-order valence-corrected chi connectivity index (χ4v) is 4.44. The van der Waals surface area contributed by atoms with E-state index in [1.165, 1.54) is 10.6 Å². The Bertz CT molecular complexity index is 1080. The third-order valence-electron chi connectivity index (χ3n) is 5.12. The summed E-state index contributed by atoms with van der Waals surface area (Å²) < 4.78 is 24.7. The Balaban J connectivity index is 1.52. The number of para-hydroxylation sites is 3. The van der Waals surface area contributed by atoms with Crippen LogP contribution >= 0.6 is 0 Å². The molecule has 1 fully saturated rings. The van der Waals surface area contributed by atoms with Crippen LogP contribution in [-0.2, 0) is 14.8 Å². The highest BCUT2D eigenvalue weighted by Crippen LogP contribution is 2.29. The molecule has 0 radical (unpaired) electrons. The summed E-state index contributed by atoms with van der Waals surface area (Å²) in [6.07, 6.45) is 2.24. The van der Waals surface area contributed by atoms with Gasteiger partial charge in [-0.25, -0.2) is 17.7 Å². The van der Waals surface area contributed by atoms with E-state index >= 15 is 0 Å². The second kappa shape index (κ2) is 7.37. The first kappa shape index (κ1) is 18.6. The second-order valence-corrected chi connectivity index (χ2v) is 9.06. The SMILES string of the molecule is CS(=O)(=O)N1CCC(C(=O)Nc2ccccc2-c2nc3ccccc3[nH]2)CC1. The molecular weight excluding hydrogens is 376 g/mol. The van der Waals surface area contributed by atoms with E-state index < -0.39 is 10.0 Å². The number of fused-ring (bicyclic) bond motifs is 1. The number of aromatic nitrogens is 2. The van der Waals surface area contributed by atoms with E-state index in [-0.39, 0.29) is 11.8 Å².